The summed E-state index contributed by atoms with van der Waals surface area (Å²) in [7, 11) is 1.72. The minimum absolute atomic E-state index is 0.0834. The number of nitrogens with zero attached hydrogens (tertiary/aromatic N) is 4. The van der Waals surface area contributed by atoms with Crippen molar-refractivity contribution in [1.82, 2.24) is 10.6 Å². The van der Waals surface area contributed by atoms with E-state index in [1.54, 1.807) is 13.3 Å². The molecule has 216 valence electrons. The highest BCUT2D eigenvalue weighted by Crippen LogP contribution is 2.47. The van der Waals surface area contributed by atoms with Crippen molar-refractivity contribution in [1.29, 1.82) is 10.5 Å². The standard InChI is InChI=1S/C34H50N6/c1-31(2)12-24(26(18-35)20-37-8)10-28(14-31)39-23-34(7)17-30(16-33(5,6)22-34)40-29-11-25(13-32(3,4)15-29)27(19-36)21-38-9/h10-11,21,30,39-40H,8,12-17,20,22-23H2,1-7,9H3/b26-24-,27-25-,38-21?. The lowest BCUT2D eigenvalue weighted by Gasteiger charge is -2.48. The van der Waals surface area contributed by atoms with E-state index in [1.807, 2.05) is 0 Å². The Morgan fingerprint density at radius 1 is 0.925 bits per heavy atom. The quantitative estimate of drug-likeness (QED) is 0.250. The number of hydrogen-bond donors (Lipinski definition) is 2. The van der Waals surface area contributed by atoms with Crippen LogP contribution in [0.1, 0.15) is 93.4 Å². The fraction of sp³-hybridized carbons (Fsp3) is 0.647. The minimum Gasteiger partial charge on any atom is -0.388 e. The van der Waals surface area contributed by atoms with Gasteiger partial charge in [0.05, 0.1) is 23.8 Å². The first-order valence-corrected chi connectivity index (χ1v) is 14.6. The highest BCUT2D eigenvalue weighted by molar-refractivity contribution is 5.85. The molecular weight excluding hydrogens is 492 g/mol. The Morgan fingerprint density at radius 2 is 1.55 bits per heavy atom. The molecule has 3 aliphatic carbocycles. The van der Waals surface area contributed by atoms with Crippen LogP contribution in [0, 0.1) is 44.3 Å². The van der Waals surface area contributed by atoms with E-state index in [1.165, 1.54) is 11.4 Å². The van der Waals surface area contributed by atoms with Crippen LogP contribution in [0.2, 0.25) is 0 Å². The molecule has 2 unspecified atom stereocenters. The first-order chi connectivity index (χ1) is 18.6. The Hall–Kier alpha value is -3.12. The van der Waals surface area contributed by atoms with Crippen LogP contribution in [0.5, 0.6) is 0 Å². The summed E-state index contributed by atoms with van der Waals surface area (Å²) < 4.78 is 0. The van der Waals surface area contributed by atoms with Gasteiger partial charge in [0.2, 0.25) is 0 Å². The van der Waals surface area contributed by atoms with Gasteiger partial charge < -0.3 is 10.6 Å². The highest BCUT2D eigenvalue weighted by atomic mass is 15.0. The van der Waals surface area contributed by atoms with Gasteiger partial charge in [-0.25, -0.2) is 0 Å². The Bertz CT molecular complexity index is 1220. The lowest BCUT2D eigenvalue weighted by Crippen LogP contribution is -2.48. The van der Waals surface area contributed by atoms with Crippen LogP contribution in [0.15, 0.2) is 55.8 Å². The molecule has 0 saturated heterocycles. The predicted molar refractivity (Wildman–Crippen MR) is 167 cm³/mol. The molecule has 3 rings (SSSR count). The molecule has 1 fully saturated rings. The predicted octanol–water partition coefficient (Wildman–Crippen LogP) is 7.20. The minimum atomic E-state index is 0.0834. The molecule has 0 radical (unpaired) electrons. The molecule has 6 heteroatoms. The van der Waals surface area contributed by atoms with E-state index in [4.69, 9.17) is 0 Å². The van der Waals surface area contributed by atoms with Crippen LogP contribution >= 0.6 is 0 Å². The number of allylic oxidation sites excluding steroid dienone is 7. The maximum atomic E-state index is 9.72. The third-order valence-corrected chi connectivity index (χ3v) is 8.47. The van der Waals surface area contributed by atoms with E-state index >= 15 is 0 Å². The zero-order valence-electron chi connectivity index (χ0n) is 26.2. The second-order valence-electron chi connectivity index (χ2n) is 15.1. The monoisotopic (exact) mass is 542 g/mol. The second kappa shape index (κ2) is 12.2. The summed E-state index contributed by atoms with van der Waals surface area (Å²) in [5, 5.41) is 27.2. The molecule has 0 spiro atoms. The number of rotatable bonds is 8. The van der Waals surface area contributed by atoms with E-state index in [0.29, 0.717) is 18.2 Å². The summed E-state index contributed by atoms with van der Waals surface area (Å²) in [6, 6.07) is 5.07. The zero-order valence-corrected chi connectivity index (χ0v) is 26.2. The van der Waals surface area contributed by atoms with Crippen molar-refractivity contribution in [2.24, 2.45) is 31.6 Å². The smallest absolute Gasteiger partial charge is 0.101 e. The summed E-state index contributed by atoms with van der Waals surface area (Å²) in [5.41, 5.74) is 6.47. The van der Waals surface area contributed by atoms with Gasteiger partial charge in [-0.05, 0) is 96.6 Å². The van der Waals surface area contributed by atoms with E-state index in [9.17, 15) is 10.5 Å². The molecule has 0 bridgehead atoms. The van der Waals surface area contributed by atoms with Crippen molar-refractivity contribution < 1.29 is 0 Å². The Labute approximate surface area is 243 Å². The van der Waals surface area contributed by atoms with Crippen molar-refractivity contribution in [2.45, 2.75) is 99.5 Å². The van der Waals surface area contributed by atoms with E-state index in [2.05, 4.69) is 100 Å². The van der Waals surface area contributed by atoms with Gasteiger partial charge in [-0.3, -0.25) is 9.98 Å². The van der Waals surface area contributed by atoms with Gasteiger partial charge in [0.25, 0.3) is 0 Å². The number of nitriles is 2. The largest absolute Gasteiger partial charge is 0.388 e. The SMILES string of the molecule is C=NC/C(C#N)=C1/C=C(NCC2(C)CC(NC3=C/C(=C(\C#N)C=NC)CC(C)(C)C3)CC(C)(C)C2)CC(C)(C)C1. The molecule has 0 heterocycles. The van der Waals surface area contributed by atoms with Gasteiger partial charge in [-0.2, -0.15) is 10.5 Å². The third-order valence-electron chi connectivity index (χ3n) is 8.47. The fourth-order valence-electron chi connectivity index (χ4n) is 7.48. The molecule has 0 aromatic carbocycles. The Morgan fingerprint density at radius 3 is 2.15 bits per heavy atom. The molecule has 40 heavy (non-hydrogen) atoms. The molecule has 0 aliphatic heterocycles. The van der Waals surface area contributed by atoms with Crippen LogP contribution in [0.25, 0.3) is 0 Å². The van der Waals surface area contributed by atoms with E-state index in [0.717, 1.165) is 68.2 Å². The molecule has 6 nitrogen and oxygen atoms in total. The fourth-order valence-corrected chi connectivity index (χ4v) is 7.48. The molecule has 3 aliphatic rings. The number of nitrogens with one attached hydrogen (secondary N) is 2. The normalized spacial score (nSPS) is 29.8. The lowest BCUT2D eigenvalue weighted by molar-refractivity contribution is 0.0738. The van der Waals surface area contributed by atoms with Gasteiger partial charge >= 0.3 is 0 Å². The first kappa shape index (κ1) is 31.4. The van der Waals surface area contributed by atoms with Crippen LogP contribution in [-0.4, -0.2) is 39.1 Å². The van der Waals surface area contributed by atoms with Gasteiger partial charge in [0.15, 0.2) is 0 Å². The Kier molecular flexibility index (Phi) is 9.56. The Balaban J connectivity index is 1.82. The summed E-state index contributed by atoms with van der Waals surface area (Å²) in [5.74, 6) is 0. The van der Waals surface area contributed by atoms with Crippen molar-refractivity contribution in [3.8, 4) is 12.1 Å². The van der Waals surface area contributed by atoms with Crippen LogP contribution in [0.3, 0.4) is 0 Å². The van der Waals surface area contributed by atoms with Crippen molar-refractivity contribution >= 4 is 12.9 Å². The summed E-state index contributed by atoms with van der Waals surface area (Å²) >= 11 is 0. The van der Waals surface area contributed by atoms with Crippen molar-refractivity contribution in [3.63, 3.8) is 0 Å². The van der Waals surface area contributed by atoms with Crippen molar-refractivity contribution in [3.05, 3.63) is 45.8 Å². The summed E-state index contributed by atoms with van der Waals surface area (Å²) in [6.07, 6.45) is 13.1. The van der Waals surface area contributed by atoms with E-state index in [-0.39, 0.29) is 21.7 Å². The van der Waals surface area contributed by atoms with Gasteiger partial charge in [-0.1, -0.05) is 48.5 Å². The zero-order chi connectivity index (χ0) is 29.8. The van der Waals surface area contributed by atoms with Crippen LogP contribution < -0.4 is 10.6 Å². The number of aliphatic imine (C=N–C) groups is 2. The third kappa shape index (κ3) is 8.44. The molecule has 2 N–H and O–H groups in total. The van der Waals surface area contributed by atoms with Gasteiger partial charge in [0.1, 0.15) is 6.07 Å². The van der Waals surface area contributed by atoms with Crippen LogP contribution in [-0.2, 0) is 0 Å². The van der Waals surface area contributed by atoms with E-state index < -0.39 is 0 Å². The summed E-state index contributed by atoms with van der Waals surface area (Å²) in [4.78, 5) is 8.09. The average Bonchev–Trinajstić information content (AvgIpc) is 2.81. The van der Waals surface area contributed by atoms with Gasteiger partial charge in [-0.15, -0.1) is 0 Å². The molecule has 0 aromatic heterocycles. The molecule has 0 amide bonds. The second-order valence-corrected chi connectivity index (χ2v) is 15.1. The van der Waals surface area contributed by atoms with Crippen molar-refractivity contribution in [2.75, 3.05) is 20.1 Å². The molecule has 2 atom stereocenters. The first-order valence-electron chi connectivity index (χ1n) is 14.6. The molecular formula is C34H50N6. The maximum absolute atomic E-state index is 9.72. The van der Waals surface area contributed by atoms with Gasteiger partial charge in [0, 0.05) is 37.2 Å². The highest BCUT2D eigenvalue weighted by Gasteiger charge is 2.42. The molecule has 1 saturated carbocycles. The van der Waals surface area contributed by atoms with Crippen LogP contribution in [0.4, 0.5) is 0 Å². The lowest BCUT2D eigenvalue weighted by atomic mass is 9.62. The topological polar surface area (TPSA) is 96.4 Å². The maximum Gasteiger partial charge on any atom is 0.101 e. The average molecular weight is 543 g/mol. The molecule has 0 aromatic rings. The number of hydrogen-bond acceptors (Lipinski definition) is 6. The summed E-state index contributed by atoms with van der Waals surface area (Å²) in [6.45, 7) is 21.2.